The van der Waals surface area contributed by atoms with Gasteiger partial charge < -0.3 is 14.8 Å². The smallest absolute Gasteiger partial charge is 0.259 e. The van der Waals surface area contributed by atoms with Crippen molar-refractivity contribution >= 4 is 23.4 Å². The van der Waals surface area contributed by atoms with Gasteiger partial charge in [-0.2, -0.15) is 5.26 Å². The molecule has 0 fully saturated rings. The standard InChI is InChI=1S/C22H18N2O3S/c1-26-17-8-10-18(11-9-17)28-21-12-7-16(13-15(21)14-23)24-22(25)19-5-3-4-6-20(19)27-2/h3-13H,1-2H3,(H,24,25). The van der Waals surface area contributed by atoms with Crippen molar-refractivity contribution in [2.75, 3.05) is 19.5 Å². The lowest BCUT2D eigenvalue weighted by Gasteiger charge is -2.11. The Bertz CT molecular complexity index is 1030. The highest BCUT2D eigenvalue weighted by molar-refractivity contribution is 7.99. The number of amides is 1. The summed E-state index contributed by atoms with van der Waals surface area (Å²) in [5.41, 5.74) is 1.46. The monoisotopic (exact) mass is 390 g/mol. The van der Waals surface area contributed by atoms with E-state index in [1.807, 2.05) is 30.3 Å². The highest BCUT2D eigenvalue weighted by Crippen LogP contribution is 2.33. The molecule has 1 N–H and O–H groups in total. The van der Waals surface area contributed by atoms with Crippen molar-refractivity contribution in [1.29, 1.82) is 5.26 Å². The van der Waals surface area contributed by atoms with Gasteiger partial charge in [0, 0.05) is 15.5 Å². The van der Waals surface area contributed by atoms with E-state index in [1.165, 1.54) is 18.9 Å². The van der Waals surface area contributed by atoms with Crippen LogP contribution < -0.4 is 14.8 Å². The lowest BCUT2D eigenvalue weighted by atomic mass is 10.1. The van der Waals surface area contributed by atoms with Gasteiger partial charge in [0.1, 0.15) is 17.6 Å². The first-order chi connectivity index (χ1) is 13.6. The molecule has 0 aliphatic rings. The summed E-state index contributed by atoms with van der Waals surface area (Å²) in [6.45, 7) is 0. The molecule has 0 aliphatic heterocycles. The number of nitrogens with one attached hydrogen (secondary N) is 1. The van der Waals surface area contributed by atoms with Crippen LogP contribution in [0.4, 0.5) is 5.69 Å². The molecule has 5 nitrogen and oxygen atoms in total. The van der Waals surface area contributed by atoms with Crippen molar-refractivity contribution in [2.45, 2.75) is 9.79 Å². The minimum atomic E-state index is -0.295. The molecule has 140 valence electrons. The molecule has 6 heteroatoms. The van der Waals surface area contributed by atoms with Gasteiger partial charge in [0.05, 0.1) is 25.3 Å². The Morgan fingerprint density at radius 1 is 1.00 bits per heavy atom. The number of hydrogen-bond acceptors (Lipinski definition) is 5. The van der Waals surface area contributed by atoms with Crippen LogP contribution in [0.2, 0.25) is 0 Å². The van der Waals surface area contributed by atoms with E-state index in [-0.39, 0.29) is 5.91 Å². The van der Waals surface area contributed by atoms with Gasteiger partial charge in [0.2, 0.25) is 0 Å². The molecule has 0 unspecified atom stereocenters. The number of anilines is 1. The lowest BCUT2D eigenvalue weighted by molar-refractivity contribution is 0.102. The third kappa shape index (κ3) is 4.45. The highest BCUT2D eigenvalue weighted by atomic mass is 32.2. The maximum Gasteiger partial charge on any atom is 0.259 e. The fourth-order valence-corrected chi connectivity index (χ4v) is 3.46. The number of carbonyl (C=O) groups excluding carboxylic acids is 1. The summed E-state index contributed by atoms with van der Waals surface area (Å²) in [4.78, 5) is 14.3. The van der Waals surface area contributed by atoms with Crippen molar-refractivity contribution in [3.05, 3.63) is 77.9 Å². The predicted molar refractivity (Wildman–Crippen MR) is 109 cm³/mol. The molecule has 0 aromatic heterocycles. The third-order valence-corrected chi connectivity index (χ3v) is 5.08. The first-order valence-electron chi connectivity index (χ1n) is 8.45. The van der Waals surface area contributed by atoms with E-state index < -0.39 is 0 Å². The Labute approximate surface area is 167 Å². The SMILES string of the molecule is COc1ccc(Sc2ccc(NC(=O)c3ccccc3OC)cc2C#N)cc1. The minimum Gasteiger partial charge on any atom is -0.497 e. The van der Waals surface area contributed by atoms with Crippen molar-refractivity contribution in [3.8, 4) is 17.6 Å². The van der Waals surface area contributed by atoms with Crippen LogP contribution in [0.25, 0.3) is 0 Å². The summed E-state index contributed by atoms with van der Waals surface area (Å²) in [7, 11) is 3.14. The van der Waals surface area contributed by atoms with E-state index in [9.17, 15) is 10.1 Å². The maximum atomic E-state index is 12.5. The van der Waals surface area contributed by atoms with E-state index >= 15 is 0 Å². The van der Waals surface area contributed by atoms with Gasteiger partial charge in [-0.3, -0.25) is 4.79 Å². The molecular weight excluding hydrogens is 372 g/mol. The van der Waals surface area contributed by atoms with Crippen LogP contribution in [0.5, 0.6) is 11.5 Å². The number of para-hydroxylation sites is 1. The van der Waals surface area contributed by atoms with Crippen molar-refractivity contribution in [2.24, 2.45) is 0 Å². The van der Waals surface area contributed by atoms with E-state index in [1.54, 1.807) is 43.5 Å². The maximum absolute atomic E-state index is 12.5. The number of benzene rings is 3. The molecule has 0 saturated carbocycles. The van der Waals surface area contributed by atoms with Crippen LogP contribution >= 0.6 is 11.8 Å². The van der Waals surface area contributed by atoms with Crippen LogP contribution in [0.3, 0.4) is 0 Å². The van der Waals surface area contributed by atoms with Crippen molar-refractivity contribution in [3.63, 3.8) is 0 Å². The van der Waals surface area contributed by atoms with Crippen LogP contribution in [-0.2, 0) is 0 Å². The Morgan fingerprint density at radius 3 is 2.43 bits per heavy atom. The zero-order chi connectivity index (χ0) is 19.9. The number of carbonyl (C=O) groups is 1. The molecule has 3 aromatic rings. The number of ether oxygens (including phenoxy) is 2. The summed E-state index contributed by atoms with van der Waals surface area (Å²) < 4.78 is 10.4. The molecule has 1 amide bonds. The Morgan fingerprint density at radius 2 is 1.75 bits per heavy atom. The molecule has 0 spiro atoms. The highest BCUT2D eigenvalue weighted by Gasteiger charge is 2.13. The van der Waals surface area contributed by atoms with Crippen LogP contribution in [0.1, 0.15) is 15.9 Å². The zero-order valence-corrected chi connectivity index (χ0v) is 16.2. The summed E-state index contributed by atoms with van der Waals surface area (Å²) in [6, 6.07) is 22.1. The predicted octanol–water partition coefficient (Wildman–Crippen LogP) is 4.98. The molecule has 0 saturated heterocycles. The van der Waals surface area contributed by atoms with Gasteiger partial charge in [0.15, 0.2) is 0 Å². The van der Waals surface area contributed by atoms with Crippen LogP contribution in [0, 0.1) is 11.3 Å². The summed E-state index contributed by atoms with van der Waals surface area (Å²) in [6.07, 6.45) is 0. The normalized spacial score (nSPS) is 10.0. The Balaban J connectivity index is 1.79. The molecule has 0 atom stereocenters. The minimum absolute atomic E-state index is 0.295. The number of hydrogen-bond donors (Lipinski definition) is 1. The van der Waals surface area contributed by atoms with Gasteiger partial charge in [-0.05, 0) is 54.6 Å². The third-order valence-electron chi connectivity index (χ3n) is 4.00. The first kappa shape index (κ1) is 19.3. The van der Waals surface area contributed by atoms with Gasteiger partial charge >= 0.3 is 0 Å². The van der Waals surface area contributed by atoms with E-state index in [0.29, 0.717) is 22.6 Å². The molecule has 0 radical (unpaired) electrons. The van der Waals surface area contributed by atoms with E-state index in [4.69, 9.17) is 9.47 Å². The zero-order valence-electron chi connectivity index (χ0n) is 15.4. The fraction of sp³-hybridized carbons (Fsp3) is 0.0909. The van der Waals surface area contributed by atoms with E-state index in [2.05, 4.69) is 11.4 Å². The van der Waals surface area contributed by atoms with Crippen molar-refractivity contribution < 1.29 is 14.3 Å². The fourth-order valence-electron chi connectivity index (χ4n) is 2.59. The number of nitrogens with zero attached hydrogens (tertiary/aromatic N) is 1. The average molecular weight is 390 g/mol. The number of rotatable bonds is 6. The molecule has 0 bridgehead atoms. The van der Waals surface area contributed by atoms with Crippen LogP contribution in [-0.4, -0.2) is 20.1 Å². The van der Waals surface area contributed by atoms with Gasteiger partial charge in [-0.25, -0.2) is 0 Å². The first-order valence-corrected chi connectivity index (χ1v) is 9.26. The average Bonchev–Trinajstić information content (AvgIpc) is 2.75. The molecule has 3 rings (SSSR count). The van der Waals surface area contributed by atoms with E-state index in [0.717, 1.165) is 15.5 Å². The summed E-state index contributed by atoms with van der Waals surface area (Å²) >= 11 is 1.48. The summed E-state index contributed by atoms with van der Waals surface area (Å²) in [5, 5.41) is 12.3. The Kier molecular flexibility index (Phi) is 6.20. The van der Waals surface area contributed by atoms with Crippen molar-refractivity contribution in [1.82, 2.24) is 0 Å². The Hall–Kier alpha value is -3.43. The largest absolute Gasteiger partial charge is 0.497 e. The second kappa shape index (κ2) is 8.98. The van der Waals surface area contributed by atoms with Gasteiger partial charge in [0.25, 0.3) is 5.91 Å². The number of nitriles is 1. The van der Waals surface area contributed by atoms with Gasteiger partial charge in [-0.15, -0.1) is 0 Å². The molecular formula is C22H18N2O3S. The second-order valence-electron chi connectivity index (χ2n) is 5.75. The number of methoxy groups -OCH3 is 2. The lowest BCUT2D eigenvalue weighted by Crippen LogP contribution is -2.13. The molecule has 0 aliphatic carbocycles. The topological polar surface area (TPSA) is 71.3 Å². The summed E-state index contributed by atoms with van der Waals surface area (Å²) in [5.74, 6) is 0.975. The second-order valence-corrected chi connectivity index (χ2v) is 6.87. The van der Waals surface area contributed by atoms with Gasteiger partial charge in [-0.1, -0.05) is 23.9 Å². The molecule has 28 heavy (non-hydrogen) atoms. The van der Waals surface area contributed by atoms with Crippen LogP contribution in [0.15, 0.2) is 76.5 Å². The molecule has 0 heterocycles. The quantitative estimate of drug-likeness (QED) is 0.643. The molecule has 3 aromatic carbocycles.